The molecule has 98 valence electrons. The van der Waals surface area contributed by atoms with Crippen molar-refractivity contribution in [3.63, 3.8) is 0 Å². The maximum atomic E-state index is 11.6. The Balaban J connectivity index is 2.12. The van der Waals surface area contributed by atoms with E-state index in [0.29, 0.717) is 17.8 Å². The van der Waals surface area contributed by atoms with Gasteiger partial charge in [-0.1, -0.05) is 0 Å². The van der Waals surface area contributed by atoms with Crippen LogP contribution in [-0.2, 0) is 11.2 Å². The summed E-state index contributed by atoms with van der Waals surface area (Å²) < 4.78 is 0. The number of likely N-dealkylation sites (tertiary alicyclic amines) is 1. The van der Waals surface area contributed by atoms with Gasteiger partial charge in [0, 0.05) is 33.0 Å². The Kier molecular flexibility index (Phi) is 3.59. The first kappa shape index (κ1) is 12.5. The highest BCUT2D eigenvalue weighted by molar-refractivity contribution is 5.92. The Labute approximate surface area is 105 Å². The molecule has 1 aliphatic heterocycles. The van der Waals surface area contributed by atoms with Crippen LogP contribution in [0.3, 0.4) is 0 Å². The molecule has 0 aromatic carbocycles. The number of hydrogen-bond donors (Lipinski definition) is 2. The van der Waals surface area contributed by atoms with Crippen LogP contribution >= 0.6 is 0 Å². The van der Waals surface area contributed by atoms with Gasteiger partial charge in [-0.15, -0.1) is 0 Å². The van der Waals surface area contributed by atoms with Crippen LogP contribution in [0.15, 0.2) is 0 Å². The van der Waals surface area contributed by atoms with Gasteiger partial charge in [-0.05, 0) is 12.8 Å². The summed E-state index contributed by atoms with van der Waals surface area (Å²) in [5.41, 5.74) is 0.931. The fourth-order valence-corrected chi connectivity index (χ4v) is 2.38. The molecule has 2 rings (SSSR count). The highest BCUT2D eigenvalue weighted by Gasteiger charge is 2.29. The van der Waals surface area contributed by atoms with Crippen molar-refractivity contribution in [1.82, 2.24) is 25.6 Å². The molecular weight excluding hydrogens is 234 g/mol. The van der Waals surface area contributed by atoms with Crippen LogP contribution < -0.4 is 5.32 Å². The van der Waals surface area contributed by atoms with Gasteiger partial charge in [0.2, 0.25) is 5.91 Å². The standard InChI is InChI=1S/C11H17N5O2/c1-7(17)16-5-3-4-8(16)6-9-10(11(18)12-2)14-15-13-9/h8H,3-6H2,1-2H3,(H,12,18)(H,13,14,15)/t8-/m0/s1. The molecule has 1 saturated heterocycles. The fraction of sp³-hybridized carbons (Fsp3) is 0.636. The molecule has 0 bridgehead atoms. The molecule has 0 aliphatic carbocycles. The number of carbonyl (C=O) groups is 2. The van der Waals surface area contributed by atoms with Crippen LogP contribution in [0.2, 0.25) is 0 Å². The highest BCUT2D eigenvalue weighted by Crippen LogP contribution is 2.21. The summed E-state index contributed by atoms with van der Waals surface area (Å²) in [6.07, 6.45) is 2.51. The van der Waals surface area contributed by atoms with E-state index in [1.54, 1.807) is 14.0 Å². The van der Waals surface area contributed by atoms with Crippen molar-refractivity contribution in [1.29, 1.82) is 0 Å². The molecule has 2 N–H and O–H groups in total. The fourth-order valence-electron chi connectivity index (χ4n) is 2.38. The van der Waals surface area contributed by atoms with Crippen LogP contribution in [0.5, 0.6) is 0 Å². The molecule has 2 heterocycles. The van der Waals surface area contributed by atoms with E-state index in [1.165, 1.54) is 0 Å². The Morgan fingerprint density at radius 3 is 2.94 bits per heavy atom. The Hall–Kier alpha value is -1.92. The van der Waals surface area contributed by atoms with Crippen LogP contribution in [0.25, 0.3) is 0 Å². The normalized spacial score (nSPS) is 19.0. The monoisotopic (exact) mass is 251 g/mol. The second-order valence-electron chi connectivity index (χ2n) is 4.41. The number of hydrogen-bond acceptors (Lipinski definition) is 4. The van der Waals surface area contributed by atoms with E-state index in [2.05, 4.69) is 20.7 Å². The largest absolute Gasteiger partial charge is 0.354 e. The second kappa shape index (κ2) is 5.16. The summed E-state index contributed by atoms with van der Waals surface area (Å²) >= 11 is 0. The van der Waals surface area contributed by atoms with Gasteiger partial charge >= 0.3 is 0 Å². The minimum Gasteiger partial charge on any atom is -0.354 e. The Morgan fingerprint density at radius 2 is 2.28 bits per heavy atom. The van der Waals surface area contributed by atoms with Crippen LogP contribution in [-0.4, -0.2) is 51.8 Å². The molecule has 0 unspecified atom stereocenters. The second-order valence-corrected chi connectivity index (χ2v) is 4.41. The van der Waals surface area contributed by atoms with E-state index in [1.807, 2.05) is 4.90 Å². The van der Waals surface area contributed by atoms with Crippen molar-refractivity contribution < 1.29 is 9.59 Å². The molecule has 1 aromatic heterocycles. The number of aromatic amines is 1. The number of amides is 2. The number of rotatable bonds is 3. The van der Waals surface area contributed by atoms with E-state index < -0.39 is 0 Å². The van der Waals surface area contributed by atoms with Crippen molar-refractivity contribution in [2.45, 2.75) is 32.2 Å². The first-order valence-electron chi connectivity index (χ1n) is 6.02. The van der Waals surface area contributed by atoms with Crippen molar-refractivity contribution in [2.24, 2.45) is 0 Å². The molecule has 0 spiro atoms. The average molecular weight is 251 g/mol. The third-order valence-corrected chi connectivity index (χ3v) is 3.27. The summed E-state index contributed by atoms with van der Waals surface area (Å²) in [6.45, 7) is 2.36. The van der Waals surface area contributed by atoms with Gasteiger partial charge in [-0.3, -0.25) is 9.59 Å². The molecule has 1 aromatic rings. The summed E-state index contributed by atoms with van der Waals surface area (Å²) in [5, 5.41) is 12.8. The van der Waals surface area contributed by atoms with Crippen molar-refractivity contribution >= 4 is 11.8 Å². The SMILES string of the molecule is CNC(=O)c1n[nH]nc1C[C@@H]1CCCN1C(C)=O. The van der Waals surface area contributed by atoms with Crippen LogP contribution in [0, 0.1) is 0 Å². The Bertz CT molecular complexity index is 456. The van der Waals surface area contributed by atoms with E-state index in [0.717, 1.165) is 19.4 Å². The van der Waals surface area contributed by atoms with E-state index >= 15 is 0 Å². The van der Waals surface area contributed by atoms with Gasteiger partial charge in [0.05, 0.1) is 5.69 Å². The first-order valence-corrected chi connectivity index (χ1v) is 6.02. The molecule has 1 fully saturated rings. The third kappa shape index (κ3) is 2.34. The van der Waals surface area contributed by atoms with E-state index in [4.69, 9.17) is 0 Å². The van der Waals surface area contributed by atoms with Gasteiger partial charge in [0.15, 0.2) is 5.69 Å². The highest BCUT2D eigenvalue weighted by atomic mass is 16.2. The van der Waals surface area contributed by atoms with Gasteiger partial charge in [0.1, 0.15) is 0 Å². The third-order valence-electron chi connectivity index (χ3n) is 3.27. The smallest absolute Gasteiger partial charge is 0.273 e. The van der Waals surface area contributed by atoms with Gasteiger partial charge in [-0.25, -0.2) is 0 Å². The quantitative estimate of drug-likeness (QED) is 0.772. The molecule has 1 atom stereocenters. The predicted molar refractivity (Wildman–Crippen MR) is 63.9 cm³/mol. The lowest BCUT2D eigenvalue weighted by atomic mass is 10.1. The lowest BCUT2D eigenvalue weighted by Crippen LogP contribution is -2.35. The van der Waals surface area contributed by atoms with Crippen molar-refractivity contribution in [3.05, 3.63) is 11.4 Å². The maximum Gasteiger partial charge on any atom is 0.273 e. The number of H-pyrrole nitrogens is 1. The zero-order valence-corrected chi connectivity index (χ0v) is 10.6. The van der Waals surface area contributed by atoms with Gasteiger partial charge < -0.3 is 10.2 Å². The molecule has 7 heteroatoms. The molecule has 0 saturated carbocycles. The van der Waals surface area contributed by atoms with E-state index in [-0.39, 0.29) is 17.9 Å². The first-order chi connectivity index (χ1) is 8.63. The lowest BCUT2D eigenvalue weighted by molar-refractivity contribution is -0.129. The van der Waals surface area contributed by atoms with E-state index in [9.17, 15) is 9.59 Å². The maximum absolute atomic E-state index is 11.6. The topological polar surface area (TPSA) is 91.0 Å². The van der Waals surface area contributed by atoms with Gasteiger partial charge in [-0.2, -0.15) is 15.4 Å². The van der Waals surface area contributed by atoms with Crippen LogP contribution in [0.4, 0.5) is 0 Å². The predicted octanol–water partition coefficient (Wildman–Crippen LogP) is -0.282. The van der Waals surface area contributed by atoms with Crippen LogP contribution in [0.1, 0.15) is 35.9 Å². The minimum atomic E-state index is -0.258. The zero-order chi connectivity index (χ0) is 13.1. The number of nitrogens with zero attached hydrogens (tertiary/aromatic N) is 3. The number of carbonyl (C=O) groups excluding carboxylic acids is 2. The molecule has 0 radical (unpaired) electrons. The summed E-state index contributed by atoms with van der Waals surface area (Å²) in [4.78, 5) is 24.9. The molecule has 1 aliphatic rings. The summed E-state index contributed by atoms with van der Waals surface area (Å²) in [7, 11) is 1.55. The summed E-state index contributed by atoms with van der Waals surface area (Å²) in [6, 6.07) is 0.121. The lowest BCUT2D eigenvalue weighted by Gasteiger charge is -2.22. The van der Waals surface area contributed by atoms with Gasteiger partial charge in [0.25, 0.3) is 5.91 Å². The molecule has 2 amide bonds. The zero-order valence-electron chi connectivity index (χ0n) is 10.6. The number of nitrogens with one attached hydrogen (secondary N) is 2. The minimum absolute atomic E-state index is 0.0717. The molecular formula is C11H17N5O2. The molecule has 7 nitrogen and oxygen atoms in total. The number of aromatic nitrogens is 3. The summed E-state index contributed by atoms with van der Waals surface area (Å²) in [5.74, 6) is -0.186. The average Bonchev–Trinajstić information content (AvgIpc) is 2.97. The Morgan fingerprint density at radius 1 is 1.50 bits per heavy atom. The molecule has 18 heavy (non-hydrogen) atoms. The van der Waals surface area contributed by atoms with Crippen molar-refractivity contribution in [3.8, 4) is 0 Å². The van der Waals surface area contributed by atoms with Crippen molar-refractivity contribution in [2.75, 3.05) is 13.6 Å².